The van der Waals surface area contributed by atoms with E-state index in [0.717, 1.165) is 6.42 Å². The highest BCUT2D eigenvalue weighted by molar-refractivity contribution is 5.60. The third-order valence-corrected chi connectivity index (χ3v) is 2.43. The summed E-state index contributed by atoms with van der Waals surface area (Å²) in [6.45, 7) is 6.16. The number of nitrogens with zero attached hydrogens (tertiary/aromatic N) is 2. The molecule has 0 saturated carbocycles. The number of hydrogen-bond donors (Lipinski definition) is 3. The molecule has 0 spiro atoms. The first-order valence-corrected chi connectivity index (χ1v) is 5.82. The Morgan fingerprint density at radius 3 is 2.61 bits per heavy atom. The third kappa shape index (κ3) is 3.85. The molecular formula is C11H19N5O2. The van der Waals surface area contributed by atoms with Gasteiger partial charge in [-0.3, -0.25) is 10.1 Å². The van der Waals surface area contributed by atoms with Gasteiger partial charge in [-0.05, 0) is 25.3 Å². The zero-order valence-electron chi connectivity index (χ0n) is 10.8. The Morgan fingerprint density at radius 1 is 1.44 bits per heavy atom. The number of nitrogens with one attached hydrogen (secondary N) is 2. The molecule has 0 amide bonds. The predicted molar refractivity (Wildman–Crippen MR) is 71.2 cm³/mol. The Morgan fingerprint density at radius 2 is 2.11 bits per heavy atom. The van der Waals surface area contributed by atoms with Crippen LogP contribution in [-0.4, -0.2) is 15.9 Å². The van der Waals surface area contributed by atoms with Gasteiger partial charge in [0, 0.05) is 12.1 Å². The molecule has 7 nitrogen and oxygen atoms in total. The molecule has 7 heteroatoms. The first kappa shape index (κ1) is 14.2. The molecule has 18 heavy (non-hydrogen) atoms. The van der Waals surface area contributed by atoms with Crippen molar-refractivity contribution < 1.29 is 4.92 Å². The number of hydrazine groups is 1. The van der Waals surface area contributed by atoms with E-state index in [1.807, 2.05) is 6.92 Å². The molecule has 0 fully saturated rings. The van der Waals surface area contributed by atoms with Crippen LogP contribution in [0.3, 0.4) is 0 Å². The quantitative estimate of drug-likeness (QED) is 0.407. The number of rotatable bonds is 6. The first-order chi connectivity index (χ1) is 8.43. The van der Waals surface area contributed by atoms with Crippen molar-refractivity contribution >= 4 is 17.3 Å². The molecule has 4 N–H and O–H groups in total. The normalized spacial score (nSPS) is 12.3. The number of anilines is 2. The topological polar surface area (TPSA) is 106 Å². The van der Waals surface area contributed by atoms with E-state index in [4.69, 9.17) is 5.84 Å². The maximum Gasteiger partial charge on any atom is 0.311 e. The number of nitrogen functional groups attached to an aromatic ring is 1. The van der Waals surface area contributed by atoms with Crippen LogP contribution >= 0.6 is 0 Å². The summed E-state index contributed by atoms with van der Waals surface area (Å²) < 4.78 is 0. The van der Waals surface area contributed by atoms with Crippen LogP contribution in [0.5, 0.6) is 0 Å². The largest absolute Gasteiger partial charge is 0.362 e. The average Bonchev–Trinajstić information content (AvgIpc) is 2.27. The molecule has 0 bridgehead atoms. The van der Waals surface area contributed by atoms with Crippen molar-refractivity contribution in [2.75, 3.05) is 10.7 Å². The summed E-state index contributed by atoms with van der Waals surface area (Å²) in [4.78, 5) is 14.5. The summed E-state index contributed by atoms with van der Waals surface area (Å²) in [6.07, 6.45) is 0.902. The zero-order chi connectivity index (χ0) is 13.7. The van der Waals surface area contributed by atoms with Crippen molar-refractivity contribution in [3.8, 4) is 0 Å². The van der Waals surface area contributed by atoms with E-state index in [1.54, 1.807) is 0 Å². The van der Waals surface area contributed by atoms with Crippen LogP contribution in [0.25, 0.3) is 0 Å². The van der Waals surface area contributed by atoms with E-state index in [2.05, 4.69) is 29.6 Å². The van der Waals surface area contributed by atoms with Gasteiger partial charge in [-0.25, -0.2) is 10.8 Å². The first-order valence-electron chi connectivity index (χ1n) is 5.82. The van der Waals surface area contributed by atoms with Crippen LogP contribution in [0.4, 0.5) is 17.3 Å². The van der Waals surface area contributed by atoms with Crippen LogP contribution in [0.2, 0.25) is 0 Å². The van der Waals surface area contributed by atoms with Gasteiger partial charge in [0.25, 0.3) is 0 Å². The molecule has 1 aromatic rings. The van der Waals surface area contributed by atoms with Crippen molar-refractivity contribution in [1.82, 2.24) is 4.98 Å². The minimum Gasteiger partial charge on any atom is -0.362 e. The molecular weight excluding hydrogens is 234 g/mol. The summed E-state index contributed by atoms with van der Waals surface area (Å²) in [5, 5.41) is 13.9. The summed E-state index contributed by atoms with van der Waals surface area (Å²) in [7, 11) is 0. The number of aromatic nitrogens is 1. The van der Waals surface area contributed by atoms with E-state index in [0.29, 0.717) is 11.7 Å². The molecule has 1 unspecified atom stereocenters. The Bertz CT molecular complexity index is 422. The van der Waals surface area contributed by atoms with Crippen LogP contribution < -0.4 is 16.6 Å². The van der Waals surface area contributed by atoms with Gasteiger partial charge in [0.1, 0.15) is 5.82 Å². The molecule has 0 aromatic carbocycles. The summed E-state index contributed by atoms with van der Waals surface area (Å²) >= 11 is 0. The van der Waals surface area contributed by atoms with Gasteiger partial charge in [0.05, 0.1) is 4.92 Å². The van der Waals surface area contributed by atoms with Gasteiger partial charge >= 0.3 is 5.69 Å². The van der Waals surface area contributed by atoms with E-state index < -0.39 is 4.92 Å². The van der Waals surface area contributed by atoms with E-state index in [9.17, 15) is 10.1 Å². The summed E-state index contributed by atoms with van der Waals surface area (Å²) in [6, 6.07) is 2.95. The van der Waals surface area contributed by atoms with E-state index >= 15 is 0 Å². The van der Waals surface area contributed by atoms with Crippen molar-refractivity contribution in [2.24, 2.45) is 11.8 Å². The lowest BCUT2D eigenvalue weighted by molar-refractivity contribution is -0.384. The van der Waals surface area contributed by atoms with Crippen LogP contribution in [0.15, 0.2) is 12.1 Å². The number of hydrogen-bond acceptors (Lipinski definition) is 6. The standard InChI is InChI=1S/C11H19N5O2/c1-7(2)6-8(3)13-11-9(16(17)18)4-5-10(14-11)15-12/h4-5,7-8H,6,12H2,1-3H3,(H2,13,14,15). The Hall–Kier alpha value is -1.89. The van der Waals surface area contributed by atoms with Crippen LogP contribution in [0, 0.1) is 16.0 Å². The molecule has 0 saturated heterocycles. The monoisotopic (exact) mass is 253 g/mol. The van der Waals surface area contributed by atoms with Gasteiger partial charge in [-0.1, -0.05) is 13.8 Å². The molecule has 1 aromatic heterocycles. The van der Waals surface area contributed by atoms with Crippen molar-refractivity contribution in [1.29, 1.82) is 0 Å². The van der Waals surface area contributed by atoms with Gasteiger partial charge in [-0.15, -0.1) is 0 Å². The Labute approximate surface area is 106 Å². The second-order valence-corrected chi connectivity index (χ2v) is 4.64. The molecule has 1 heterocycles. The molecule has 1 atom stereocenters. The van der Waals surface area contributed by atoms with Gasteiger partial charge in [0.2, 0.25) is 5.82 Å². The Kier molecular flexibility index (Phi) is 4.85. The predicted octanol–water partition coefficient (Wildman–Crippen LogP) is 2.12. The third-order valence-electron chi connectivity index (χ3n) is 2.43. The minimum atomic E-state index is -0.461. The van der Waals surface area contributed by atoms with E-state index in [-0.39, 0.29) is 17.5 Å². The molecule has 0 aliphatic heterocycles. The summed E-state index contributed by atoms with van der Waals surface area (Å²) in [5.41, 5.74) is 2.32. The maximum absolute atomic E-state index is 10.9. The fourth-order valence-corrected chi connectivity index (χ4v) is 1.79. The van der Waals surface area contributed by atoms with Crippen LogP contribution in [0.1, 0.15) is 27.2 Å². The zero-order valence-corrected chi connectivity index (χ0v) is 10.8. The number of pyridine rings is 1. The maximum atomic E-state index is 10.9. The van der Waals surface area contributed by atoms with Gasteiger partial charge in [0.15, 0.2) is 0 Å². The molecule has 0 aliphatic rings. The smallest absolute Gasteiger partial charge is 0.311 e. The fraction of sp³-hybridized carbons (Fsp3) is 0.545. The highest BCUT2D eigenvalue weighted by Gasteiger charge is 2.18. The van der Waals surface area contributed by atoms with Crippen molar-refractivity contribution in [3.05, 3.63) is 22.2 Å². The van der Waals surface area contributed by atoms with Gasteiger partial charge in [-0.2, -0.15) is 0 Å². The Balaban J connectivity index is 2.93. The second kappa shape index (κ2) is 6.15. The van der Waals surface area contributed by atoms with Crippen molar-refractivity contribution in [3.63, 3.8) is 0 Å². The second-order valence-electron chi connectivity index (χ2n) is 4.64. The highest BCUT2D eigenvalue weighted by Crippen LogP contribution is 2.25. The minimum absolute atomic E-state index is 0.0513. The lowest BCUT2D eigenvalue weighted by atomic mass is 10.1. The highest BCUT2D eigenvalue weighted by atomic mass is 16.6. The van der Waals surface area contributed by atoms with Crippen LogP contribution in [-0.2, 0) is 0 Å². The average molecular weight is 253 g/mol. The van der Waals surface area contributed by atoms with Crippen molar-refractivity contribution in [2.45, 2.75) is 33.2 Å². The molecule has 100 valence electrons. The molecule has 0 radical (unpaired) electrons. The fourth-order valence-electron chi connectivity index (χ4n) is 1.79. The molecule has 1 rings (SSSR count). The van der Waals surface area contributed by atoms with E-state index in [1.165, 1.54) is 12.1 Å². The number of nitrogens with two attached hydrogens (primary N) is 1. The molecule has 0 aliphatic carbocycles. The SMILES string of the molecule is CC(C)CC(C)Nc1nc(NN)ccc1[N+](=O)[O-]. The lowest BCUT2D eigenvalue weighted by Gasteiger charge is -2.16. The number of nitro groups is 1. The summed E-state index contributed by atoms with van der Waals surface area (Å²) in [5.74, 6) is 6.38. The lowest BCUT2D eigenvalue weighted by Crippen LogP contribution is -2.20. The van der Waals surface area contributed by atoms with Gasteiger partial charge < -0.3 is 10.7 Å².